The molecule has 0 radical (unpaired) electrons. The Hall–Kier alpha value is -6.33. The number of benzene rings is 5. The van der Waals surface area contributed by atoms with E-state index in [9.17, 15) is 29.4 Å². The van der Waals surface area contributed by atoms with Crippen molar-refractivity contribution in [2.45, 2.75) is 17.1 Å². The number of aromatic carboxylic acids is 1. The predicted molar refractivity (Wildman–Crippen MR) is 193 cm³/mol. The van der Waals surface area contributed by atoms with Gasteiger partial charge in [0.2, 0.25) is 5.91 Å². The molecular weight excluding hydrogens is 655 g/mol. The van der Waals surface area contributed by atoms with Gasteiger partial charge in [-0.15, -0.1) is 11.8 Å². The van der Waals surface area contributed by atoms with Crippen LogP contribution in [0.5, 0.6) is 11.5 Å². The molecule has 0 saturated heterocycles. The second kappa shape index (κ2) is 16.7. The van der Waals surface area contributed by atoms with Gasteiger partial charge < -0.3 is 30.9 Å². The zero-order chi connectivity index (χ0) is 35.5. The van der Waals surface area contributed by atoms with Crippen LogP contribution in [0, 0.1) is 0 Å². The van der Waals surface area contributed by atoms with Crippen LogP contribution >= 0.6 is 11.8 Å². The van der Waals surface area contributed by atoms with Gasteiger partial charge in [0.15, 0.2) is 0 Å². The van der Waals surface area contributed by atoms with Crippen LogP contribution in [0.25, 0.3) is 6.08 Å². The summed E-state index contributed by atoms with van der Waals surface area (Å²) < 4.78 is 5.72. The van der Waals surface area contributed by atoms with Crippen molar-refractivity contribution in [3.05, 3.63) is 155 Å². The number of amides is 3. The minimum atomic E-state index is -1.32. The van der Waals surface area contributed by atoms with E-state index in [0.717, 1.165) is 0 Å². The summed E-state index contributed by atoms with van der Waals surface area (Å²) in [6.45, 7) is 2.27. The van der Waals surface area contributed by atoms with Gasteiger partial charge in [-0.3, -0.25) is 14.4 Å². The summed E-state index contributed by atoms with van der Waals surface area (Å²) in [5.41, 5.74) is 2.04. The van der Waals surface area contributed by atoms with E-state index in [0.29, 0.717) is 39.6 Å². The Morgan fingerprint density at radius 2 is 1.42 bits per heavy atom. The van der Waals surface area contributed by atoms with Crippen molar-refractivity contribution in [1.29, 1.82) is 0 Å². The maximum absolute atomic E-state index is 13.6. The number of nitrogens with one attached hydrogen (secondary N) is 3. The molecule has 0 aliphatic carbocycles. The summed E-state index contributed by atoms with van der Waals surface area (Å²) in [6.07, 6.45) is 1.56. The first-order valence-electron chi connectivity index (χ1n) is 15.5. The van der Waals surface area contributed by atoms with Gasteiger partial charge in [-0.05, 0) is 79.2 Å². The summed E-state index contributed by atoms with van der Waals surface area (Å²) in [6, 6.07) is 35.5. The monoisotopic (exact) mass is 687 g/mol. The Labute approximate surface area is 292 Å². The van der Waals surface area contributed by atoms with Crippen LogP contribution in [-0.4, -0.2) is 40.5 Å². The van der Waals surface area contributed by atoms with E-state index in [1.807, 2.05) is 43.3 Å². The highest BCUT2D eigenvalue weighted by atomic mass is 32.2. The second-order valence-electron chi connectivity index (χ2n) is 10.8. The largest absolute Gasteiger partial charge is 0.507 e. The van der Waals surface area contributed by atoms with Gasteiger partial charge in [-0.2, -0.15) is 0 Å². The van der Waals surface area contributed by atoms with Crippen LogP contribution in [0.4, 0.5) is 11.4 Å². The third kappa shape index (κ3) is 9.18. The fourth-order valence-electron chi connectivity index (χ4n) is 4.83. The Kier molecular flexibility index (Phi) is 11.7. The van der Waals surface area contributed by atoms with Gasteiger partial charge in [0.25, 0.3) is 11.8 Å². The lowest BCUT2D eigenvalue weighted by Gasteiger charge is -2.18. The number of phenols is 1. The fraction of sp³-hybridized carbons (Fsp3) is 0.0769. The molecule has 0 saturated carbocycles. The topological polar surface area (TPSA) is 154 Å². The molecule has 252 valence electrons. The molecule has 0 aliphatic heterocycles. The fourth-order valence-corrected chi connectivity index (χ4v) is 5.85. The average Bonchev–Trinajstić information content (AvgIpc) is 3.13. The number of carbonyl (C=O) groups excluding carboxylic acids is 3. The predicted octanol–water partition coefficient (Wildman–Crippen LogP) is 7.37. The lowest BCUT2D eigenvalue weighted by atomic mass is 10.1. The number of thioether (sulfide) groups is 1. The molecule has 5 aromatic rings. The molecule has 0 aromatic heterocycles. The summed E-state index contributed by atoms with van der Waals surface area (Å²) in [7, 11) is 0. The number of carbonyl (C=O) groups is 4. The third-order valence-corrected chi connectivity index (χ3v) is 8.51. The highest BCUT2D eigenvalue weighted by Gasteiger charge is 2.23. The van der Waals surface area contributed by atoms with Crippen LogP contribution in [0.15, 0.2) is 138 Å². The first-order valence-corrected chi connectivity index (χ1v) is 16.4. The molecule has 0 bridgehead atoms. The second-order valence-corrected chi connectivity index (χ2v) is 11.9. The Balaban J connectivity index is 1.35. The number of ether oxygens (including phenoxy) is 1. The van der Waals surface area contributed by atoms with E-state index in [4.69, 9.17) is 4.74 Å². The zero-order valence-corrected chi connectivity index (χ0v) is 27.6. The van der Waals surface area contributed by atoms with Crippen molar-refractivity contribution in [3.63, 3.8) is 0 Å². The number of carboxylic acids is 1. The summed E-state index contributed by atoms with van der Waals surface area (Å²) in [5, 5.41) is 26.8. The standard InChI is InChI=1S/C39H33N3O7S/c1-2-49-34-16-10-9-15-27(34)23-32(42-36(44)26-13-7-4-8-14-26)37(45)40-28-17-20-30(21-18-28)50-35(25-11-5-3-6-12-25)38(46)41-29-19-22-33(43)31(24-29)39(47)48/h3-24,35,43H,2H2,1H3,(H,40,45)(H,41,46)(H,42,44)(H,47,48)/b32-23-. The van der Waals surface area contributed by atoms with E-state index in [1.54, 1.807) is 78.9 Å². The molecule has 1 unspecified atom stereocenters. The molecule has 5 rings (SSSR count). The summed E-state index contributed by atoms with van der Waals surface area (Å²) in [5.74, 6) is -2.59. The van der Waals surface area contributed by atoms with E-state index in [1.165, 1.54) is 30.0 Å². The molecule has 3 amide bonds. The molecule has 1 atom stereocenters. The van der Waals surface area contributed by atoms with Crippen LogP contribution in [0.1, 0.15) is 44.0 Å². The molecule has 10 nitrogen and oxygen atoms in total. The smallest absolute Gasteiger partial charge is 0.339 e. The number of para-hydroxylation sites is 1. The number of aromatic hydroxyl groups is 1. The highest BCUT2D eigenvalue weighted by molar-refractivity contribution is 8.00. The Bertz CT molecular complexity index is 2020. The Morgan fingerprint density at radius 1 is 0.780 bits per heavy atom. The van der Waals surface area contributed by atoms with Crippen molar-refractivity contribution in [1.82, 2.24) is 5.32 Å². The van der Waals surface area contributed by atoms with Crippen molar-refractivity contribution >= 4 is 52.9 Å². The van der Waals surface area contributed by atoms with Crippen LogP contribution in [0.2, 0.25) is 0 Å². The highest BCUT2D eigenvalue weighted by Crippen LogP contribution is 2.37. The number of rotatable bonds is 13. The number of hydrogen-bond acceptors (Lipinski definition) is 7. The SMILES string of the molecule is CCOc1ccccc1/C=C(\NC(=O)c1ccccc1)C(=O)Nc1ccc(SC(C(=O)Nc2ccc(O)c(C(=O)O)c2)c2ccccc2)cc1. The van der Waals surface area contributed by atoms with Gasteiger partial charge in [0.05, 0.1) is 6.61 Å². The number of hydrogen-bond donors (Lipinski definition) is 5. The van der Waals surface area contributed by atoms with Crippen molar-refractivity contribution in [3.8, 4) is 11.5 Å². The van der Waals surface area contributed by atoms with E-state index in [-0.39, 0.29) is 16.9 Å². The molecule has 5 N–H and O–H groups in total. The zero-order valence-electron chi connectivity index (χ0n) is 26.8. The van der Waals surface area contributed by atoms with Gasteiger partial charge >= 0.3 is 5.97 Å². The quantitative estimate of drug-likeness (QED) is 0.0489. The van der Waals surface area contributed by atoms with E-state index < -0.39 is 34.7 Å². The van der Waals surface area contributed by atoms with Crippen LogP contribution in [0.3, 0.4) is 0 Å². The lowest BCUT2D eigenvalue weighted by Crippen LogP contribution is -2.30. The number of carboxylic acid groups (broad SMARTS) is 1. The first kappa shape index (κ1) is 35.0. The third-order valence-electron chi connectivity index (χ3n) is 7.25. The van der Waals surface area contributed by atoms with E-state index in [2.05, 4.69) is 16.0 Å². The van der Waals surface area contributed by atoms with Crippen molar-refractivity contribution < 1.29 is 34.1 Å². The molecule has 50 heavy (non-hydrogen) atoms. The molecular formula is C39H33N3O7S. The van der Waals surface area contributed by atoms with Crippen LogP contribution in [-0.2, 0) is 9.59 Å². The molecule has 0 spiro atoms. The van der Waals surface area contributed by atoms with Crippen molar-refractivity contribution in [2.24, 2.45) is 0 Å². The van der Waals surface area contributed by atoms with Gasteiger partial charge in [-0.25, -0.2) is 4.79 Å². The molecule has 11 heteroatoms. The summed E-state index contributed by atoms with van der Waals surface area (Å²) in [4.78, 5) is 52.4. The van der Waals surface area contributed by atoms with Gasteiger partial charge in [0, 0.05) is 27.4 Å². The minimum Gasteiger partial charge on any atom is -0.507 e. The van der Waals surface area contributed by atoms with Crippen LogP contribution < -0.4 is 20.7 Å². The lowest BCUT2D eigenvalue weighted by molar-refractivity contribution is -0.116. The normalized spacial score (nSPS) is 11.6. The summed E-state index contributed by atoms with van der Waals surface area (Å²) >= 11 is 1.26. The van der Waals surface area contributed by atoms with Gasteiger partial charge in [0.1, 0.15) is 28.0 Å². The molecule has 0 heterocycles. The first-order chi connectivity index (χ1) is 24.2. The van der Waals surface area contributed by atoms with E-state index >= 15 is 0 Å². The van der Waals surface area contributed by atoms with Gasteiger partial charge in [-0.1, -0.05) is 66.7 Å². The maximum atomic E-state index is 13.6. The maximum Gasteiger partial charge on any atom is 0.339 e. The average molecular weight is 688 g/mol. The molecule has 5 aromatic carbocycles. The number of anilines is 2. The van der Waals surface area contributed by atoms with Crippen molar-refractivity contribution in [2.75, 3.05) is 17.2 Å². The molecule has 0 aliphatic rings. The Morgan fingerprint density at radius 3 is 2.10 bits per heavy atom. The minimum absolute atomic E-state index is 0.00514. The molecule has 0 fully saturated rings.